The minimum Gasteiger partial charge on any atom is -0.271 e. The number of benzene rings is 1. The fourth-order valence-corrected chi connectivity index (χ4v) is 2.77. The molecule has 2 heterocycles. The molecule has 1 N–H and O–H groups in total. The zero-order valence-corrected chi connectivity index (χ0v) is 11.0. The van der Waals surface area contributed by atoms with Gasteiger partial charge < -0.3 is 0 Å². The molecule has 1 aliphatic rings. The smallest absolute Gasteiger partial charge is 0.271 e. The Morgan fingerprint density at radius 1 is 1.05 bits per heavy atom. The van der Waals surface area contributed by atoms with Gasteiger partial charge in [-0.05, 0) is 25.7 Å². The number of rotatable bonds is 1. The summed E-state index contributed by atoms with van der Waals surface area (Å²) in [7, 11) is 0. The minimum absolute atomic E-state index is 0.000573. The normalized spacial score (nSPS) is 14.4. The van der Waals surface area contributed by atoms with Gasteiger partial charge in [0.2, 0.25) is 0 Å². The Morgan fingerprint density at radius 3 is 2.70 bits per heavy atom. The summed E-state index contributed by atoms with van der Waals surface area (Å²) >= 11 is 0. The summed E-state index contributed by atoms with van der Waals surface area (Å²) in [6, 6.07) is 9.77. The first-order chi connectivity index (χ1) is 9.83. The van der Waals surface area contributed by atoms with Crippen molar-refractivity contribution in [1.29, 1.82) is 0 Å². The summed E-state index contributed by atoms with van der Waals surface area (Å²) in [5.74, 6) is 1.15. The van der Waals surface area contributed by atoms with E-state index in [1.165, 1.54) is 4.52 Å². The quantitative estimate of drug-likeness (QED) is 0.732. The summed E-state index contributed by atoms with van der Waals surface area (Å²) in [6.07, 6.45) is 3.87. The van der Waals surface area contributed by atoms with Crippen molar-refractivity contribution in [3.63, 3.8) is 0 Å². The van der Waals surface area contributed by atoms with E-state index in [4.69, 9.17) is 0 Å². The lowest BCUT2D eigenvalue weighted by Gasteiger charge is -2.12. The van der Waals surface area contributed by atoms with E-state index >= 15 is 0 Å². The summed E-state index contributed by atoms with van der Waals surface area (Å²) in [5.41, 5.74) is 2.72. The first-order valence-corrected chi connectivity index (χ1v) is 6.89. The first kappa shape index (κ1) is 11.4. The molecule has 4 rings (SSSR count). The molecule has 0 fully saturated rings. The molecule has 0 bridgehead atoms. The molecule has 20 heavy (non-hydrogen) atoms. The summed E-state index contributed by atoms with van der Waals surface area (Å²) in [5, 5.41) is 3.06. The number of aromatic amines is 1. The van der Waals surface area contributed by atoms with Crippen molar-refractivity contribution in [3.05, 3.63) is 51.9 Å². The third-order valence-corrected chi connectivity index (χ3v) is 3.81. The van der Waals surface area contributed by atoms with Crippen LogP contribution in [0.2, 0.25) is 0 Å². The predicted octanol–water partition coefficient (Wildman–Crippen LogP) is 1.96. The topological polar surface area (TPSA) is 63.0 Å². The number of nitrogens with one attached hydrogen (secondary N) is 1. The largest absolute Gasteiger partial charge is 0.277 e. The van der Waals surface area contributed by atoms with E-state index < -0.39 is 0 Å². The zero-order chi connectivity index (χ0) is 13.5. The number of nitrogens with zero attached hydrogens (tertiary/aromatic N) is 3. The van der Waals surface area contributed by atoms with Gasteiger partial charge in [0.05, 0.1) is 5.69 Å². The summed E-state index contributed by atoms with van der Waals surface area (Å²) in [4.78, 5) is 21.5. The third-order valence-electron chi connectivity index (χ3n) is 3.81. The van der Waals surface area contributed by atoms with Gasteiger partial charge in [-0.3, -0.25) is 9.89 Å². The van der Waals surface area contributed by atoms with Crippen LogP contribution in [0.25, 0.3) is 17.2 Å². The number of H-pyrrole nitrogens is 1. The van der Waals surface area contributed by atoms with Gasteiger partial charge in [0.15, 0.2) is 5.82 Å². The van der Waals surface area contributed by atoms with Crippen molar-refractivity contribution < 1.29 is 0 Å². The number of fused-ring (bicyclic) bond motifs is 2. The lowest BCUT2D eigenvalue weighted by molar-refractivity contribution is 0.650. The van der Waals surface area contributed by atoms with Crippen LogP contribution in [0.5, 0.6) is 0 Å². The molecule has 2 aromatic heterocycles. The van der Waals surface area contributed by atoms with Gasteiger partial charge >= 0.3 is 0 Å². The SMILES string of the molecule is O=c1c2c(nc3nc(-c4ccccc4)[nH]n13)CCCC2. The highest BCUT2D eigenvalue weighted by Crippen LogP contribution is 2.18. The lowest BCUT2D eigenvalue weighted by Crippen LogP contribution is -2.25. The van der Waals surface area contributed by atoms with Crippen molar-refractivity contribution in [2.45, 2.75) is 25.7 Å². The van der Waals surface area contributed by atoms with Gasteiger partial charge in [-0.25, -0.2) is 4.98 Å². The van der Waals surface area contributed by atoms with Crippen LogP contribution in [-0.2, 0) is 12.8 Å². The van der Waals surface area contributed by atoms with E-state index in [1.807, 2.05) is 30.3 Å². The van der Waals surface area contributed by atoms with Crippen molar-refractivity contribution in [2.24, 2.45) is 0 Å². The van der Waals surface area contributed by atoms with Crippen LogP contribution in [0, 0.1) is 0 Å². The Balaban J connectivity index is 1.96. The molecule has 0 saturated heterocycles. The average Bonchev–Trinajstić information content (AvgIpc) is 2.93. The van der Waals surface area contributed by atoms with Crippen molar-refractivity contribution in [2.75, 3.05) is 0 Å². The second-order valence-corrected chi connectivity index (χ2v) is 5.12. The molecule has 5 heteroatoms. The Kier molecular flexibility index (Phi) is 2.45. The number of aryl methyl sites for hydroxylation is 1. The maximum atomic E-state index is 12.5. The first-order valence-electron chi connectivity index (χ1n) is 6.89. The molecular weight excluding hydrogens is 252 g/mol. The Morgan fingerprint density at radius 2 is 1.85 bits per heavy atom. The highest BCUT2D eigenvalue weighted by Gasteiger charge is 2.18. The molecule has 0 saturated carbocycles. The highest BCUT2D eigenvalue weighted by atomic mass is 16.1. The van der Waals surface area contributed by atoms with Crippen LogP contribution in [0.3, 0.4) is 0 Å². The number of hydrogen-bond donors (Lipinski definition) is 1. The standard InChI is InChI=1S/C15H14N4O/c20-14-11-8-4-5-9-12(11)16-15-17-13(18-19(14)15)10-6-2-1-3-7-10/h1-3,6-7H,4-5,8-9H2,(H,16,17,18). The molecule has 0 atom stereocenters. The van der Waals surface area contributed by atoms with Crippen LogP contribution in [0.4, 0.5) is 0 Å². The van der Waals surface area contributed by atoms with E-state index in [0.29, 0.717) is 11.6 Å². The van der Waals surface area contributed by atoms with Gasteiger partial charge in [0.1, 0.15) is 0 Å². The Bertz CT molecular complexity index is 832. The molecule has 3 aromatic rings. The van der Waals surface area contributed by atoms with Gasteiger partial charge in [0, 0.05) is 11.1 Å². The molecular formula is C15H14N4O. The maximum absolute atomic E-state index is 12.5. The Labute approximate surface area is 115 Å². The fourth-order valence-electron chi connectivity index (χ4n) is 2.77. The lowest BCUT2D eigenvalue weighted by atomic mass is 9.97. The number of hydrogen-bond acceptors (Lipinski definition) is 3. The van der Waals surface area contributed by atoms with E-state index in [9.17, 15) is 4.79 Å². The van der Waals surface area contributed by atoms with Gasteiger partial charge in [-0.2, -0.15) is 9.50 Å². The van der Waals surface area contributed by atoms with Crippen molar-refractivity contribution in [1.82, 2.24) is 19.6 Å². The molecule has 1 aliphatic carbocycles. The molecule has 5 nitrogen and oxygen atoms in total. The molecule has 0 radical (unpaired) electrons. The Hall–Kier alpha value is -2.43. The third kappa shape index (κ3) is 1.66. The fraction of sp³-hybridized carbons (Fsp3) is 0.267. The van der Waals surface area contributed by atoms with Crippen LogP contribution in [-0.4, -0.2) is 19.6 Å². The van der Waals surface area contributed by atoms with Gasteiger partial charge in [-0.1, -0.05) is 30.3 Å². The van der Waals surface area contributed by atoms with Crippen LogP contribution in [0.1, 0.15) is 24.1 Å². The maximum Gasteiger partial charge on any atom is 0.277 e. The summed E-state index contributed by atoms with van der Waals surface area (Å²) in [6.45, 7) is 0. The molecule has 0 unspecified atom stereocenters. The van der Waals surface area contributed by atoms with E-state index in [-0.39, 0.29) is 5.56 Å². The van der Waals surface area contributed by atoms with Crippen LogP contribution >= 0.6 is 0 Å². The van der Waals surface area contributed by atoms with Crippen molar-refractivity contribution in [3.8, 4) is 11.4 Å². The predicted molar refractivity (Wildman–Crippen MR) is 75.7 cm³/mol. The van der Waals surface area contributed by atoms with E-state index in [1.54, 1.807) is 0 Å². The number of aromatic nitrogens is 4. The second kappa shape index (κ2) is 4.30. The molecule has 0 aliphatic heterocycles. The minimum atomic E-state index is -0.000573. The van der Waals surface area contributed by atoms with E-state index in [2.05, 4.69) is 15.1 Å². The molecule has 1 aromatic carbocycles. The van der Waals surface area contributed by atoms with Crippen LogP contribution < -0.4 is 5.56 Å². The monoisotopic (exact) mass is 266 g/mol. The van der Waals surface area contributed by atoms with Gasteiger partial charge in [-0.15, -0.1) is 0 Å². The zero-order valence-electron chi connectivity index (χ0n) is 11.0. The molecule has 100 valence electrons. The molecule has 0 spiro atoms. The van der Waals surface area contributed by atoms with Gasteiger partial charge in [0.25, 0.3) is 11.3 Å². The van der Waals surface area contributed by atoms with E-state index in [0.717, 1.165) is 42.5 Å². The second-order valence-electron chi connectivity index (χ2n) is 5.12. The highest BCUT2D eigenvalue weighted by molar-refractivity contribution is 5.56. The summed E-state index contributed by atoms with van der Waals surface area (Å²) < 4.78 is 1.46. The van der Waals surface area contributed by atoms with Crippen molar-refractivity contribution >= 4 is 5.78 Å². The average molecular weight is 266 g/mol. The molecule has 0 amide bonds. The van der Waals surface area contributed by atoms with Crippen LogP contribution in [0.15, 0.2) is 35.1 Å².